The first-order valence-corrected chi connectivity index (χ1v) is 8.68. The largest absolute Gasteiger partial charge is 0.490 e. The lowest BCUT2D eigenvalue weighted by atomic mass is 10.0. The van der Waals surface area contributed by atoms with Crippen LogP contribution in [0.1, 0.15) is 25.3 Å². The molecule has 1 N–H and O–H groups in total. The summed E-state index contributed by atoms with van der Waals surface area (Å²) in [6.07, 6.45) is 0. The van der Waals surface area contributed by atoms with Gasteiger partial charge < -0.3 is 4.74 Å². The second kappa shape index (κ2) is 6.88. The van der Waals surface area contributed by atoms with Gasteiger partial charge in [-0.05, 0) is 29.7 Å². The molecule has 0 radical (unpaired) electrons. The molecule has 0 spiro atoms. The third kappa shape index (κ3) is 3.65. The van der Waals surface area contributed by atoms with Crippen LogP contribution in [0.4, 0.5) is 11.4 Å². The Bertz CT molecular complexity index is 863. The first kappa shape index (κ1) is 17.7. The molecule has 0 saturated heterocycles. The highest BCUT2D eigenvalue weighted by Crippen LogP contribution is 2.31. The Morgan fingerprint density at radius 3 is 2.42 bits per heavy atom. The van der Waals surface area contributed by atoms with Crippen molar-refractivity contribution in [3.8, 4) is 5.75 Å². The molecule has 2 rings (SSSR count). The van der Waals surface area contributed by atoms with E-state index in [2.05, 4.69) is 4.72 Å². The van der Waals surface area contributed by atoms with Crippen molar-refractivity contribution in [2.24, 2.45) is 0 Å². The lowest BCUT2D eigenvalue weighted by molar-refractivity contribution is -0.386. The van der Waals surface area contributed by atoms with E-state index in [-0.39, 0.29) is 16.6 Å². The smallest absolute Gasteiger partial charge is 0.312 e. The van der Waals surface area contributed by atoms with Gasteiger partial charge in [-0.1, -0.05) is 32.0 Å². The summed E-state index contributed by atoms with van der Waals surface area (Å²) in [5, 5.41) is 11.1. The Morgan fingerprint density at radius 1 is 1.17 bits per heavy atom. The number of sulfonamides is 1. The van der Waals surface area contributed by atoms with Crippen molar-refractivity contribution in [1.29, 1.82) is 0 Å². The zero-order chi connectivity index (χ0) is 17.9. The van der Waals surface area contributed by atoms with E-state index in [9.17, 15) is 18.5 Å². The summed E-state index contributed by atoms with van der Waals surface area (Å²) < 4.78 is 32.5. The molecular weight excluding hydrogens is 332 g/mol. The van der Waals surface area contributed by atoms with Crippen molar-refractivity contribution in [3.63, 3.8) is 0 Å². The van der Waals surface area contributed by atoms with Gasteiger partial charge in [0.05, 0.1) is 22.6 Å². The van der Waals surface area contributed by atoms with Gasteiger partial charge in [0.2, 0.25) is 0 Å². The van der Waals surface area contributed by atoms with Gasteiger partial charge in [-0.3, -0.25) is 14.8 Å². The van der Waals surface area contributed by atoms with Crippen molar-refractivity contribution in [2.75, 3.05) is 11.8 Å². The Labute approximate surface area is 140 Å². The highest BCUT2D eigenvalue weighted by Gasteiger charge is 2.23. The first-order valence-electron chi connectivity index (χ1n) is 7.20. The maximum Gasteiger partial charge on any atom is 0.312 e. The highest BCUT2D eigenvalue weighted by atomic mass is 32.2. The summed E-state index contributed by atoms with van der Waals surface area (Å²) in [6.45, 7) is 3.90. The summed E-state index contributed by atoms with van der Waals surface area (Å²) >= 11 is 0. The fourth-order valence-corrected chi connectivity index (χ4v) is 3.38. The maximum atomic E-state index is 12.6. The second-order valence-corrected chi connectivity index (χ2v) is 7.12. The van der Waals surface area contributed by atoms with E-state index in [1.165, 1.54) is 19.2 Å². The molecule has 0 saturated carbocycles. The molecule has 0 fully saturated rings. The molecule has 128 valence electrons. The summed E-state index contributed by atoms with van der Waals surface area (Å²) in [5.41, 5.74) is 0.882. The predicted molar refractivity (Wildman–Crippen MR) is 91.0 cm³/mol. The Balaban J connectivity index is 2.45. The Morgan fingerprint density at radius 2 is 1.83 bits per heavy atom. The van der Waals surface area contributed by atoms with E-state index < -0.39 is 20.6 Å². The van der Waals surface area contributed by atoms with Crippen LogP contribution in [0.5, 0.6) is 5.75 Å². The number of nitro groups is 1. The van der Waals surface area contributed by atoms with Crippen molar-refractivity contribution < 1.29 is 18.1 Å². The lowest BCUT2D eigenvalue weighted by Crippen LogP contribution is -2.15. The molecule has 7 nitrogen and oxygen atoms in total. The average molecular weight is 350 g/mol. The van der Waals surface area contributed by atoms with Crippen molar-refractivity contribution in [1.82, 2.24) is 0 Å². The average Bonchev–Trinajstić information content (AvgIpc) is 2.54. The van der Waals surface area contributed by atoms with Crippen LogP contribution in [0.15, 0.2) is 47.4 Å². The van der Waals surface area contributed by atoms with Crippen LogP contribution in [-0.4, -0.2) is 20.5 Å². The topological polar surface area (TPSA) is 98.5 Å². The molecule has 24 heavy (non-hydrogen) atoms. The second-order valence-electron chi connectivity index (χ2n) is 5.44. The number of methoxy groups -OCH3 is 1. The van der Waals surface area contributed by atoms with Crippen LogP contribution >= 0.6 is 0 Å². The number of hydrogen-bond donors (Lipinski definition) is 1. The van der Waals surface area contributed by atoms with E-state index in [1.54, 1.807) is 12.1 Å². The molecule has 0 aliphatic heterocycles. The number of nitro benzene ring substituents is 1. The number of nitrogens with one attached hydrogen (secondary N) is 1. The van der Waals surface area contributed by atoms with Crippen LogP contribution in [0.3, 0.4) is 0 Å². The molecule has 0 heterocycles. The lowest BCUT2D eigenvalue weighted by Gasteiger charge is -2.15. The number of ether oxygens (including phenoxy) is 1. The highest BCUT2D eigenvalue weighted by molar-refractivity contribution is 7.92. The van der Waals surface area contributed by atoms with Gasteiger partial charge >= 0.3 is 5.69 Å². The zero-order valence-corrected chi connectivity index (χ0v) is 14.3. The fraction of sp³-hybridized carbons (Fsp3) is 0.250. The van der Waals surface area contributed by atoms with Gasteiger partial charge in [-0.2, -0.15) is 0 Å². The first-order chi connectivity index (χ1) is 11.3. The molecule has 2 aromatic rings. The number of rotatable bonds is 6. The van der Waals surface area contributed by atoms with Crippen LogP contribution in [0.25, 0.3) is 0 Å². The van der Waals surface area contributed by atoms with Gasteiger partial charge in [0, 0.05) is 6.07 Å². The number of anilines is 1. The van der Waals surface area contributed by atoms with Gasteiger partial charge in [0.15, 0.2) is 5.75 Å². The minimum absolute atomic E-state index is 0.00142. The SMILES string of the molecule is COc1ccc(S(=O)(=O)Nc2ccccc2C(C)C)cc1[N+](=O)[O-]. The molecule has 8 heteroatoms. The molecule has 0 aromatic heterocycles. The molecule has 0 unspecified atom stereocenters. The van der Waals surface area contributed by atoms with Crippen molar-refractivity contribution >= 4 is 21.4 Å². The molecule has 0 aliphatic carbocycles. The van der Waals surface area contributed by atoms with Crippen LogP contribution in [0.2, 0.25) is 0 Å². The Hall–Kier alpha value is -2.61. The van der Waals surface area contributed by atoms with E-state index >= 15 is 0 Å². The van der Waals surface area contributed by atoms with Crippen molar-refractivity contribution in [2.45, 2.75) is 24.7 Å². The normalized spacial score (nSPS) is 11.3. The fourth-order valence-electron chi connectivity index (χ4n) is 2.28. The third-order valence-corrected chi connectivity index (χ3v) is 4.85. The zero-order valence-electron chi connectivity index (χ0n) is 13.5. The third-order valence-electron chi connectivity index (χ3n) is 3.48. The van der Waals surface area contributed by atoms with E-state index in [0.717, 1.165) is 11.6 Å². The number of benzene rings is 2. The monoisotopic (exact) mass is 350 g/mol. The molecule has 0 aliphatic rings. The molecule has 0 bridgehead atoms. The van der Waals surface area contributed by atoms with E-state index in [4.69, 9.17) is 4.74 Å². The van der Waals surface area contributed by atoms with E-state index in [1.807, 2.05) is 26.0 Å². The predicted octanol–water partition coefficient (Wildman–Crippen LogP) is 3.53. The summed E-state index contributed by atoms with van der Waals surface area (Å²) in [5.74, 6) is 0.121. The van der Waals surface area contributed by atoms with Crippen molar-refractivity contribution in [3.05, 3.63) is 58.1 Å². The molecule has 2 aromatic carbocycles. The molecule has 0 atom stereocenters. The number of hydrogen-bond acceptors (Lipinski definition) is 5. The molecule has 0 amide bonds. The van der Waals surface area contributed by atoms with Gasteiger partial charge in [0.25, 0.3) is 10.0 Å². The quantitative estimate of drug-likeness (QED) is 0.635. The van der Waals surface area contributed by atoms with Crippen LogP contribution in [-0.2, 0) is 10.0 Å². The summed E-state index contributed by atoms with van der Waals surface area (Å²) in [7, 11) is -2.67. The molecular formula is C16H18N2O5S. The summed E-state index contributed by atoms with van der Waals surface area (Å²) in [4.78, 5) is 10.2. The number of nitrogens with zero attached hydrogens (tertiary/aromatic N) is 1. The van der Waals surface area contributed by atoms with Gasteiger partial charge in [0.1, 0.15) is 0 Å². The standard InChI is InChI=1S/C16H18N2O5S/c1-11(2)13-6-4-5-7-14(13)17-24(21,22)12-8-9-16(23-3)15(10-12)18(19)20/h4-11,17H,1-3H3. The maximum absolute atomic E-state index is 12.6. The van der Waals surface area contributed by atoms with Gasteiger partial charge in [-0.15, -0.1) is 0 Å². The van der Waals surface area contributed by atoms with Gasteiger partial charge in [-0.25, -0.2) is 8.42 Å². The minimum atomic E-state index is -3.96. The van der Waals surface area contributed by atoms with Crippen LogP contribution in [0, 0.1) is 10.1 Å². The minimum Gasteiger partial charge on any atom is -0.490 e. The van der Waals surface area contributed by atoms with E-state index in [0.29, 0.717) is 5.69 Å². The Kier molecular flexibility index (Phi) is 5.08. The summed E-state index contributed by atoms with van der Waals surface area (Å²) in [6, 6.07) is 10.6. The number of para-hydroxylation sites is 1. The van der Waals surface area contributed by atoms with Crippen LogP contribution < -0.4 is 9.46 Å².